The molecule has 0 amide bonds. The zero-order valence-electron chi connectivity index (χ0n) is 6.64. The number of halogens is 1. The Kier molecular flexibility index (Phi) is 2.68. The standard InChI is InChI=1S/C8H11BrN2S/c9-7-1-2-8(12-7)11-6-3-4-10-5-6/h1-2,6,10-11H,3-5H2. The first-order valence-electron chi connectivity index (χ1n) is 4.07. The molecule has 4 heteroatoms. The molecule has 2 heterocycles. The summed E-state index contributed by atoms with van der Waals surface area (Å²) < 4.78 is 1.19. The third kappa shape index (κ3) is 2.00. The summed E-state index contributed by atoms with van der Waals surface area (Å²) in [7, 11) is 0. The van der Waals surface area contributed by atoms with Crippen molar-refractivity contribution in [2.75, 3.05) is 18.4 Å². The smallest absolute Gasteiger partial charge is 0.0896 e. The van der Waals surface area contributed by atoms with Crippen LogP contribution in [0.2, 0.25) is 0 Å². The van der Waals surface area contributed by atoms with Crippen molar-refractivity contribution in [3.8, 4) is 0 Å². The van der Waals surface area contributed by atoms with Crippen molar-refractivity contribution >= 4 is 32.3 Å². The van der Waals surface area contributed by atoms with E-state index >= 15 is 0 Å². The molecule has 0 aromatic carbocycles. The second kappa shape index (κ2) is 3.77. The molecule has 1 atom stereocenters. The number of thiophene rings is 1. The molecule has 12 heavy (non-hydrogen) atoms. The van der Waals surface area contributed by atoms with E-state index in [1.165, 1.54) is 15.2 Å². The van der Waals surface area contributed by atoms with Crippen LogP contribution < -0.4 is 10.6 Å². The lowest BCUT2D eigenvalue weighted by Gasteiger charge is -2.09. The van der Waals surface area contributed by atoms with E-state index in [-0.39, 0.29) is 0 Å². The number of rotatable bonds is 2. The van der Waals surface area contributed by atoms with Crippen LogP contribution in [0.3, 0.4) is 0 Å². The van der Waals surface area contributed by atoms with Crippen LogP contribution in [0.25, 0.3) is 0 Å². The molecule has 2 rings (SSSR count). The van der Waals surface area contributed by atoms with Crippen LogP contribution in [0.15, 0.2) is 15.9 Å². The molecule has 66 valence electrons. The van der Waals surface area contributed by atoms with Gasteiger partial charge in [-0.05, 0) is 41.0 Å². The Hall–Kier alpha value is -0.0600. The van der Waals surface area contributed by atoms with Crippen LogP contribution in [-0.4, -0.2) is 19.1 Å². The highest BCUT2D eigenvalue weighted by Gasteiger charge is 2.13. The molecule has 0 bridgehead atoms. The third-order valence-corrected chi connectivity index (χ3v) is 3.53. The fourth-order valence-corrected chi connectivity index (χ4v) is 2.73. The molecular weight excluding hydrogens is 236 g/mol. The summed E-state index contributed by atoms with van der Waals surface area (Å²) in [6.45, 7) is 2.24. The predicted octanol–water partition coefficient (Wildman–Crippen LogP) is 2.28. The fourth-order valence-electron chi connectivity index (χ4n) is 1.37. The van der Waals surface area contributed by atoms with Crippen LogP contribution in [0.5, 0.6) is 0 Å². The highest BCUT2D eigenvalue weighted by molar-refractivity contribution is 9.11. The lowest BCUT2D eigenvalue weighted by molar-refractivity contribution is 0.796. The van der Waals surface area contributed by atoms with Gasteiger partial charge in [-0.25, -0.2) is 0 Å². The molecule has 1 aromatic rings. The molecule has 1 fully saturated rings. The van der Waals surface area contributed by atoms with Crippen molar-refractivity contribution in [3.05, 3.63) is 15.9 Å². The van der Waals surface area contributed by atoms with Crippen LogP contribution in [0, 0.1) is 0 Å². The van der Waals surface area contributed by atoms with Gasteiger partial charge in [-0.15, -0.1) is 11.3 Å². The monoisotopic (exact) mass is 246 g/mol. The SMILES string of the molecule is Brc1ccc(NC2CCNC2)s1. The summed E-state index contributed by atoms with van der Waals surface area (Å²) in [5.74, 6) is 0. The van der Waals surface area contributed by atoms with Gasteiger partial charge in [-0.2, -0.15) is 0 Å². The zero-order chi connectivity index (χ0) is 8.39. The molecule has 2 N–H and O–H groups in total. The molecular formula is C8H11BrN2S. The van der Waals surface area contributed by atoms with Crippen LogP contribution in [0.4, 0.5) is 5.00 Å². The number of nitrogens with one attached hydrogen (secondary N) is 2. The first kappa shape index (κ1) is 8.53. The zero-order valence-corrected chi connectivity index (χ0v) is 9.04. The van der Waals surface area contributed by atoms with Crippen LogP contribution >= 0.6 is 27.3 Å². The number of hydrogen-bond donors (Lipinski definition) is 2. The van der Waals surface area contributed by atoms with Crippen molar-refractivity contribution < 1.29 is 0 Å². The van der Waals surface area contributed by atoms with Crippen molar-refractivity contribution in [1.82, 2.24) is 5.32 Å². The van der Waals surface area contributed by atoms with E-state index in [9.17, 15) is 0 Å². The van der Waals surface area contributed by atoms with Crippen molar-refractivity contribution in [1.29, 1.82) is 0 Å². The quantitative estimate of drug-likeness (QED) is 0.837. The van der Waals surface area contributed by atoms with Crippen LogP contribution in [0.1, 0.15) is 6.42 Å². The van der Waals surface area contributed by atoms with Crippen molar-refractivity contribution in [2.45, 2.75) is 12.5 Å². The molecule has 1 aliphatic heterocycles. The highest BCUT2D eigenvalue weighted by Crippen LogP contribution is 2.27. The average molecular weight is 247 g/mol. The maximum absolute atomic E-state index is 3.49. The number of anilines is 1. The lowest BCUT2D eigenvalue weighted by Crippen LogP contribution is -2.21. The summed E-state index contributed by atoms with van der Waals surface area (Å²) in [6.07, 6.45) is 1.23. The second-order valence-electron chi connectivity index (χ2n) is 2.94. The van der Waals surface area contributed by atoms with Gasteiger partial charge in [-0.3, -0.25) is 0 Å². The molecule has 0 spiro atoms. The van der Waals surface area contributed by atoms with Gasteiger partial charge in [0.25, 0.3) is 0 Å². The fraction of sp³-hybridized carbons (Fsp3) is 0.500. The lowest BCUT2D eigenvalue weighted by atomic mass is 10.3. The van der Waals surface area contributed by atoms with E-state index in [2.05, 4.69) is 38.7 Å². The van der Waals surface area contributed by atoms with Gasteiger partial charge < -0.3 is 10.6 Å². The molecule has 0 aliphatic carbocycles. The molecule has 1 aliphatic rings. The minimum atomic E-state index is 0.621. The van der Waals surface area contributed by atoms with Gasteiger partial charge in [0, 0.05) is 12.6 Å². The Labute approximate surface area is 84.5 Å². The Morgan fingerprint density at radius 1 is 1.58 bits per heavy atom. The molecule has 0 radical (unpaired) electrons. The van der Waals surface area contributed by atoms with Gasteiger partial charge in [0.2, 0.25) is 0 Å². The Bertz CT molecular complexity index is 255. The van der Waals surface area contributed by atoms with Gasteiger partial charge in [0.05, 0.1) is 8.79 Å². The van der Waals surface area contributed by atoms with E-state index in [4.69, 9.17) is 0 Å². The summed E-state index contributed by atoms with van der Waals surface area (Å²) in [6, 6.07) is 4.82. The van der Waals surface area contributed by atoms with E-state index in [1.807, 2.05) is 0 Å². The minimum Gasteiger partial charge on any atom is -0.373 e. The van der Waals surface area contributed by atoms with Crippen molar-refractivity contribution in [3.63, 3.8) is 0 Å². The predicted molar refractivity (Wildman–Crippen MR) is 56.9 cm³/mol. The topological polar surface area (TPSA) is 24.1 Å². The van der Waals surface area contributed by atoms with E-state index in [0.717, 1.165) is 13.1 Å². The van der Waals surface area contributed by atoms with Gasteiger partial charge in [-0.1, -0.05) is 0 Å². The van der Waals surface area contributed by atoms with E-state index in [1.54, 1.807) is 11.3 Å². The molecule has 1 unspecified atom stereocenters. The summed E-state index contributed by atoms with van der Waals surface area (Å²) in [5, 5.41) is 8.08. The molecule has 1 saturated heterocycles. The highest BCUT2D eigenvalue weighted by atomic mass is 79.9. The molecule has 2 nitrogen and oxygen atoms in total. The maximum Gasteiger partial charge on any atom is 0.0896 e. The summed E-state index contributed by atoms with van der Waals surface area (Å²) >= 11 is 5.20. The van der Waals surface area contributed by atoms with Gasteiger partial charge in [0.15, 0.2) is 0 Å². The first-order valence-corrected chi connectivity index (χ1v) is 5.68. The Morgan fingerprint density at radius 3 is 3.08 bits per heavy atom. The average Bonchev–Trinajstić information content (AvgIpc) is 2.63. The number of hydrogen-bond acceptors (Lipinski definition) is 3. The second-order valence-corrected chi connectivity index (χ2v) is 5.40. The summed E-state index contributed by atoms with van der Waals surface area (Å²) in [4.78, 5) is 0. The molecule has 0 saturated carbocycles. The molecule has 1 aromatic heterocycles. The van der Waals surface area contributed by atoms with E-state index < -0.39 is 0 Å². The largest absolute Gasteiger partial charge is 0.373 e. The van der Waals surface area contributed by atoms with Gasteiger partial charge in [0.1, 0.15) is 0 Å². The minimum absolute atomic E-state index is 0.621. The first-order chi connectivity index (χ1) is 5.84. The van der Waals surface area contributed by atoms with Crippen LogP contribution in [-0.2, 0) is 0 Å². The normalized spacial score (nSPS) is 22.9. The van der Waals surface area contributed by atoms with E-state index in [0.29, 0.717) is 6.04 Å². The van der Waals surface area contributed by atoms with Gasteiger partial charge >= 0.3 is 0 Å². The maximum atomic E-state index is 3.49. The summed E-state index contributed by atoms with van der Waals surface area (Å²) in [5.41, 5.74) is 0. The third-order valence-electron chi connectivity index (χ3n) is 1.98. The Morgan fingerprint density at radius 2 is 2.50 bits per heavy atom. The Balaban J connectivity index is 1.94. The van der Waals surface area contributed by atoms with Crippen molar-refractivity contribution in [2.24, 2.45) is 0 Å².